The van der Waals surface area contributed by atoms with Gasteiger partial charge in [0.1, 0.15) is 24.5 Å². The SMILES string of the molecule is CC(=O)O.CC(=O)OC1CC(COC(=O)C(N)CC(=O)c2ccc(Cl)cc2N)OC(OC(C)=O)C1.CC(C)=O. The molecule has 1 fully saturated rings. The van der Waals surface area contributed by atoms with Crippen LogP contribution in [-0.2, 0) is 42.9 Å². The molecule has 4 atom stereocenters. The Morgan fingerprint density at radius 1 is 1.03 bits per heavy atom. The van der Waals surface area contributed by atoms with E-state index in [9.17, 15) is 24.0 Å². The van der Waals surface area contributed by atoms with E-state index in [2.05, 4.69) is 0 Å². The molecule has 0 aromatic heterocycles. The minimum Gasteiger partial charge on any atom is -0.481 e. The van der Waals surface area contributed by atoms with Crippen LogP contribution >= 0.6 is 11.6 Å². The molecule has 0 radical (unpaired) electrons. The lowest BCUT2D eigenvalue weighted by Crippen LogP contribution is -2.43. The predicted molar refractivity (Wildman–Crippen MR) is 139 cm³/mol. The largest absolute Gasteiger partial charge is 0.481 e. The van der Waals surface area contributed by atoms with Crippen molar-refractivity contribution in [2.45, 2.75) is 78.4 Å². The van der Waals surface area contributed by atoms with Gasteiger partial charge in [-0.2, -0.15) is 0 Å². The number of Topliss-reactive ketones (excluding diaryl/α,β-unsaturated/α-hetero) is 2. The van der Waals surface area contributed by atoms with Crippen LogP contribution in [0.2, 0.25) is 5.02 Å². The lowest BCUT2D eigenvalue weighted by Gasteiger charge is -2.33. The molecule has 14 heteroatoms. The molecule has 1 aliphatic rings. The molecule has 1 saturated heterocycles. The van der Waals surface area contributed by atoms with Crippen LogP contribution in [0.5, 0.6) is 0 Å². The summed E-state index contributed by atoms with van der Waals surface area (Å²) in [5, 5.41) is 7.80. The van der Waals surface area contributed by atoms with E-state index in [1.54, 1.807) is 0 Å². The minimum atomic E-state index is -1.22. The first-order chi connectivity index (χ1) is 18.0. The van der Waals surface area contributed by atoms with Crippen molar-refractivity contribution >= 4 is 52.7 Å². The van der Waals surface area contributed by atoms with Gasteiger partial charge in [0.15, 0.2) is 5.78 Å². The summed E-state index contributed by atoms with van der Waals surface area (Å²) < 4.78 is 20.9. The fourth-order valence-corrected chi connectivity index (χ4v) is 3.27. The molecular formula is C25H35ClN2O11. The highest BCUT2D eigenvalue weighted by molar-refractivity contribution is 6.31. The summed E-state index contributed by atoms with van der Waals surface area (Å²) in [5.41, 5.74) is 12.0. The van der Waals surface area contributed by atoms with E-state index in [-0.39, 0.29) is 42.9 Å². The number of carbonyl (C=O) groups excluding carboxylic acids is 5. The zero-order chi connectivity index (χ0) is 30.3. The number of rotatable bonds is 8. The highest BCUT2D eigenvalue weighted by atomic mass is 35.5. The molecule has 1 aliphatic heterocycles. The second-order valence-corrected chi connectivity index (χ2v) is 8.96. The van der Waals surface area contributed by atoms with Crippen LogP contribution in [0.15, 0.2) is 18.2 Å². The first-order valence-electron chi connectivity index (χ1n) is 11.7. The van der Waals surface area contributed by atoms with Gasteiger partial charge in [0.2, 0.25) is 6.29 Å². The highest BCUT2D eigenvalue weighted by Crippen LogP contribution is 2.24. The number of nitrogen functional groups attached to an aromatic ring is 1. The number of esters is 3. The maximum atomic E-state index is 12.4. The van der Waals surface area contributed by atoms with Crippen molar-refractivity contribution in [3.8, 4) is 0 Å². The third kappa shape index (κ3) is 16.8. The normalized spacial score (nSPS) is 18.5. The summed E-state index contributed by atoms with van der Waals surface area (Å²) in [4.78, 5) is 65.5. The molecule has 0 spiro atoms. The molecule has 218 valence electrons. The zero-order valence-electron chi connectivity index (χ0n) is 22.4. The molecule has 0 aliphatic carbocycles. The average Bonchev–Trinajstić information content (AvgIpc) is 2.75. The Kier molecular flexibility index (Phi) is 16.2. The number of hydrogen-bond donors (Lipinski definition) is 3. The van der Waals surface area contributed by atoms with Crippen LogP contribution in [0.1, 0.15) is 64.2 Å². The number of nitrogens with two attached hydrogens (primary N) is 2. The Bertz CT molecular complexity index is 987. The molecule has 4 unspecified atom stereocenters. The van der Waals surface area contributed by atoms with Crippen molar-refractivity contribution in [1.29, 1.82) is 0 Å². The first-order valence-corrected chi connectivity index (χ1v) is 12.1. The van der Waals surface area contributed by atoms with E-state index in [4.69, 9.17) is 51.9 Å². The van der Waals surface area contributed by atoms with Gasteiger partial charge in [-0.15, -0.1) is 0 Å². The van der Waals surface area contributed by atoms with Gasteiger partial charge in [-0.05, 0) is 32.0 Å². The molecule has 0 bridgehead atoms. The van der Waals surface area contributed by atoms with Gasteiger partial charge < -0.3 is 40.3 Å². The van der Waals surface area contributed by atoms with Crippen molar-refractivity contribution in [3.63, 3.8) is 0 Å². The van der Waals surface area contributed by atoms with Crippen molar-refractivity contribution in [2.75, 3.05) is 12.3 Å². The van der Waals surface area contributed by atoms with Crippen LogP contribution in [0, 0.1) is 0 Å². The molecule has 2 rings (SSSR count). The fourth-order valence-electron chi connectivity index (χ4n) is 3.09. The number of ketones is 2. The number of hydrogen-bond acceptors (Lipinski definition) is 12. The van der Waals surface area contributed by atoms with E-state index >= 15 is 0 Å². The predicted octanol–water partition coefficient (Wildman–Crippen LogP) is 2.05. The molecule has 1 aromatic rings. The Balaban J connectivity index is 0.00000159. The summed E-state index contributed by atoms with van der Waals surface area (Å²) in [5.74, 6) is -2.97. The number of halogens is 1. The second-order valence-electron chi connectivity index (χ2n) is 8.52. The third-order valence-electron chi connectivity index (χ3n) is 4.39. The maximum absolute atomic E-state index is 12.4. The Morgan fingerprint density at radius 2 is 1.56 bits per heavy atom. The summed E-state index contributed by atoms with van der Waals surface area (Å²) in [7, 11) is 0. The van der Waals surface area contributed by atoms with Crippen molar-refractivity contribution in [1.82, 2.24) is 0 Å². The molecule has 5 N–H and O–H groups in total. The van der Waals surface area contributed by atoms with E-state index in [1.807, 2.05) is 0 Å². The van der Waals surface area contributed by atoms with Crippen LogP contribution in [0.4, 0.5) is 5.69 Å². The van der Waals surface area contributed by atoms with Gasteiger partial charge >= 0.3 is 17.9 Å². The third-order valence-corrected chi connectivity index (χ3v) is 4.62. The van der Waals surface area contributed by atoms with Crippen LogP contribution in [0.25, 0.3) is 0 Å². The van der Waals surface area contributed by atoms with Crippen molar-refractivity contribution in [3.05, 3.63) is 28.8 Å². The number of ether oxygens (including phenoxy) is 4. The summed E-state index contributed by atoms with van der Waals surface area (Å²) in [6.45, 7) is 6.39. The molecule has 39 heavy (non-hydrogen) atoms. The van der Waals surface area contributed by atoms with Crippen LogP contribution in [0.3, 0.4) is 0 Å². The molecule has 13 nitrogen and oxygen atoms in total. The smallest absolute Gasteiger partial charge is 0.323 e. The monoisotopic (exact) mass is 574 g/mol. The average molecular weight is 575 g/mol. The topological polar surface area (TPSA) is 212 Å². The number of carboxylic acids is 1. The molecular weight excluding hydrogens is 540 g/mol. The van der Waals surface area contributed by atoms with Gasteiger partial charge in [-0.3, -0.25) is 24.0 Å². The Morgan fingerprint density at radius 3 is 2.05 bits per heavy atom. The van der Waals surface area contributed by atoms with E-state index in [0.29, 0.717) is 5.02 Å². The Hall–Kier alpha value is -3.55. The van der Waals surface area contributed by atoms with E-state index in [0.717, 1.165) is 6.92 Å². The van der Waals surface area contributed by atoms with Gasteiger partial charge in [-0.25, -0.2) is 0 Å². The fraction of sp³-hybridized carbons (Fsp3) is 0.520. The first kappa shape index (κ1) is 35.5. The van der Waals surface area contributed by atoms with E-state index < -0.39 is 54.2 Å². The Labute approximate surface area is 231 Å². The maximum Gasteiger partial charge on any atom is 0.323 e. The molecule has 0 amide bonds. The molecule has 1 aromatic carbocycles. The van der Waals surface area contributed by atoms with Gasteiger partial charge in [0, 0.05) is 56.3 Å². The van der Waals surface area contributed by atoms with Gasteiger partial charge in [0.05, 0.1) is 6.10 Å². The lowest BCUT2D eigenvalue weighted by molar-refractivity contribution is -0.226. The van der Waals surface area contributed by atoms with Crippen molar-refractivity contribution in [2.24, 2.45) is 5.73 Å². The second kappa shape index (κ2) is 17.9. The lowest BCUT2D eigenvalue weighted by atomic mass is 10.0. The van der Waals surface area contributed by atoms with Crippen LogP contribution in [-0.4, -0.2) is 71.7 Å². The highest BCUT2D eigenvalue weighted by Gasteiger charge is 2.34. The number of benzene rings is 1. The standard InChI is InChI=1S/C20H25ClN2O8.C3H6O.C2H4O2/c1-10(24)29-13-6-14(31-19(7-13)30-11(2)25)9-28-20(27)17(23)8-18(26)15-4-3-12(21)5-16(15)22;1-3(2)4;1-2(3)4/h3-5,13-14,17,19H,6-9,22-23H2,1-2H3;1-2H3;1H3,(H,3,4). The zero-order valence-corrected chi connectivity index (χ0v) is 23.2. The van der Waals surface area contributed by atoms with E-state index in [1.165, 1.54) is 45.9 Å². The number of aliphatic carboxylic acids is 1. The quantitative estimate of drug-likeness (QED) is 0.176. The van der Waals surface area contributed by atoms with Gasteiger partial charge in [0.25, 0.3) is 5.97 Å². The number of anilines is 1. The van der Waals surface area contributed by atoms with Crippen LogP contribution < -0.4 is 11.5 Å². The van der Waals surface area contributed by atoms with Crippen molar-refractivity contribution < 1.29 is 52.8 Å². The number of carbonyl (C=O) groups is 6. The summed E-state index contributed by atoms with van der Waals surface area (Å²) in [6.07, 6.45) is -2.12. The molecule has 0 saturated carbocycles. The summed E-state index contributed by atoms with van der Waals surface area (Å²) in [6, 6.07) is 3.17. The summed E-state index contributed by atoms with van der Waals surface area (Å²) >= 11 is 5.81. The minimum absolute atomic E-state index is 0.167. The molecule has 1 heterocycles. The van der Waals surface area contributed by atoms with Gasteiger partial charge in [-0.1, -0.05) is 11.6 Å². The number of carboxylic acid groups (broad SMARTS) is 1.